The number of phenols is 2. The van der Waals surface area contributed by atoms with Gasteiger partial charge in [-0.2, -0.15) is 4.31 Å². The van der Waals surface area contributed by atoms with Gasteiger partial charge in [0.1, 0.15) is 17.2 Å². The Morgan fingerprint density at radius 3 is 2.30 bits per heavy atom. The lowest BCUT2D eigenvalue weighted by atomic mass is 10.1. The molecule has 0 unspecified atom stereocenters. The third-order valence-electron chi connectivity index (χ3n) is 4.01. The van der Waals surface area contributed by atoms with Gasteiger partial charge in [-0.25, -0.2) is 8.42 Å². The third-order valence-corrected chi connectivity index (χ3v) is 6.05. The highest BCUT2D eigenvalue weighted by molar-refractivity contribution is 7.89. The maximum absolute atomic E-state index is 12.6. The number of nitrogens with one attached hydrogen (secondary N) is 1. The fraction of sp³-hybridized carbons (Fsp3) is 0.278. The van der Waals surface area contributed by atoms with Crippen molar-refractivity contribution in [2.24, 2.45) is 0 Å². The van der Waals surface area contributed by atoms with Gasteiger partial charge in [-0.1, -0.05) is 13.8 Å². The summed E-state index contributed by atoms with van der Waals surface area (Å²) in [5, 5.41) is 22.4. The number of ether oxygens (including phenoxy) is 1. The molecule has 3 N–H and O–H groups in total. The molecule has 0 saturated heterocycles. The Labute approximate surface area is 158 Å². The van der Waals surface area contributed by atoms with Gasteiger partial charge in [-0.05, 0) is 30.3 Å². The molecule has 0 radical (unpaired) electrons. The highest BCUT2D eigenvalue weighted by Gasteiger charge is 2.23. The third kappa shape index (κ3) is 4.32. The number of hydrogen-bond acceptors (Lipinski definition) is 6. The molecule has 2 rings (SSSR count). The van der Waals surface area contributed by atoms with Crippen molar-refractivity contribution >= 4 is 21.6 Å². The largest absolute Gasteiger partial charge is 0.507 e. The van der Waals surface area contributed by atoms with E-state index < -0.39 is 15.9 Å². The van der Waals surface area contributed by atoms with E-state index in [1.165, 1.54) is 47.8 Å². The van der Waals surface area contributed by atoms with Crippen molar-refractivity contribution in [2.45, 2.75) is 18.7 Å². The summed E-state index contributed by atoms with van der Waals surface area (Å²) in [4.78, 5) is 12.4. The molecule has 8 nitrogen and oxygen atoms in total. The van der Waals surface area contributed by atoms with Crippen molar-refractivity contribution in [1.82, 2.24) is 4.31 Å². The predicted molar refractivity (Wildman–Crippen MR) is 101 cm³/mol. The lowest BCUT2D eigenvalue weighted by Gasteiger charge is -2.19. The van der Waals surface area contributed by atoms with Crippen LogP contribution in [0.5, 0.6) is 17.2 Å². The van der Waals surface area contributed by atoms with Crippen molar-refractivity contribution in [1.29, 1.82) is 0 Å². The van der Waals surface area contributed by atoms with Gasteiger partial charge < -0.3 is 20.3 Å². The Morgan fingerprint density at radius 1 is 1.07 bits per heavy atom. The first-order valence-electron chi connectivity index (χ1n) is 8.26. The number of methoxy groups -OCH3 is 1. The molecule has 0 fully saturated rings. The van der Waals surface area contributed by atoms with Gasteiger partial charge in [0.15, 0.2) is 0 Å². The number of sulfonamides is 1. The molecular weight excluding hydrogens is 372 g/mol. The zero-order valence-electron chi connectivity index (χ0n) is 15.3. The molecule has 0 aromatic heterocycles. The van der Waals surface area contributed by atoms with Crippen LogP contribution in [-0.2, 0) is 10.0 Å². The number of phenolic OH excluding ortho intramolecular Hbond substituents is 2. The molecule has 0 atom stereocenters. The van der Waals surface area contributed by atoms with Crippen LogP contribution in [0, 0.1) is 0 Å². The Hall–Kier alpha value is -2.78. The second kappa shape index (κ2) is 8.28. The second-order valence-electron chi connectivity index (χ2n) is 5.61. The number of amides is 1. The van der Waals surface area contributed by atoms with Crippen LogP contribution < -0.4 is 10.1 Å². The van der Waals surface area contributed by atoms with E-state index in [9.17, 15) is 23.4 Å². The fourth-order valence-corrected chi connectivity index (χ4v) is 3.99. The number of rotatable bonds is 7. The lowest BCUT2D eigenvalue weighted by molar-refractivity contribution is 0.102. The van der Waals surface area contributed by atoms with Gasteiger partial charge in [-0.3, -0.25) is 4.79 Å². The number of nitrogens with zero attached hydrogens (tertiary/aromatic N) is 1. The maximum Gasteiger partial charge on any atom is 0.259 e. The van der Waals surface area contributed by atoms with Gasteiger partial charge >= 0.3 is 0 Å². The van der Waals surface area contributed by atoms with Gasteiger partial charge in [0.05, 0.1) is 23.3 Å². The van der Waals surface area contributed by atoms with E-state index in [0.717, 1.165) is 0 Å². The molecule has 27 heavy (non-hydrogen) atoms. The molecule has 0 heterocycles. The van der Waals surface area contributed by atoms with E-state index in [4.69, 9.17) is 4.74 Å². The predicted octanol–water partition coefficient (Wildman–Crippen LogP) is 2.39. The number of carbonyl (C=O) groups is 1. The van der Waals surface area contributed by atoms with E-state index in [-0.39, 0.29) is 27.6 Å². The molecular formula is C18H22N2O6S. The summed E-state index contributed by atoms with van der Waals surface area (Å²) in [6, 6.07) is 7.77. The van der Waals surface area contributed by atoms with Crippen LogP contribution in [0.15, 0.2) is 41.3 Å². The van der Waals surface area contributed by atoms with E-state index >= 15 is 0 Å². The summed E-state index contributed by atoms with van der Waals surface area (Å²) in [7, 11) is -2.33. The van der Waals surface area contributed by atoms with Crippen LogP contribution in [0.1, 0.15) is 24.2 Å². The van der Waals surface area contributed by atoms with E-state index in [2.05, 4.69) is 5.32 Å². The van der Waals surface area contributed by atoms with Crippen LogP contribution in [0.3, 0.4) is 0 Å². The van der Waals surface area contributed by atoms with Crippen molar-refractivity contribution in [2.75, 3.05) is 25.5 Å². The van der Waals surface area contributed by atoms with Gasteiger partial charge in [0, 0.05) is 19.2 Å². The van der Waals surface area contributed by atoms with Crippen molar-refractivity contribution in [3.05, 3.63) is 42.0 Å². The van der Waals surface area contributed by atoms with E-state index in [1.807, 2.05) is 0 Å². The molecule has 0 bridgehead atoms. The minimum atomic E-state index is -3.75. The summed E-state index contributed by atoms with van der Waals surface area (Å²) in [6.45, 7) is 4.02. The standard InChI is InChI=1S/C18H22N2O6S/c1-4-20(5-2)27(24,25)13-7-9-16(21)15(11-13)19-18(23)14-8-6-12(26-3)10-17(14)22/h6-11,21-22H,4-5H2,1-3H3,(H,19,23). The molecule has 1 amide bonds. The number of aromatic hydroxyl groups is 2. The lowest BCUT2D eigenvalue weighted by Crippen LogP contribution is -2.30. The number of anilines is 1. The normalized spacial score (nSPS) is 11.4. The minimum absolute atomic E-state index is 0.0489. The molecule has 2 aromatic carbocycles. The first-order chi connectivity index (χ1) is 12.7. The number of carbonyl (C=O) groups excluding carboxylic acids is 1. The maximum atomic E-state index is 12.6. The van der Waals surface area contributed by atoms with E-state index in [0.29, 0.717) is 18.8 Å². The molecule has 9 heteroatoms. The number of benzene rings is 2. The Kier molecular flexibility index (Phi) is 6.29. The van der Waals surface area contributed by atoms with Gasteiger partial charge in [0.2, 0.25) is 10.0 Å². The highest BCUT2D eigenvalue weighted by atomic mass is 32.2. The highest BCUT2D eigenvalue weighted by Crippen LogP contribution is 2.30. The topological polar surface area (TPSA) is 116 Å². The summed E-state index contributed by atoms with van der Waals surface area (Å²) in [6.07, 6.45) is 0. The quantitative estimate of drug-likeness (QED) is 0.621. The molecule has 0 aliphatic rings. The summed E-state index contributed by atoms with van der Waals surface area (Å²) >= 11 is 0. The zero-order chi connectivity index (χ0) is 20.2. The van der Waals surface area contributed by atoms with Crippen LogP contribution in [0.25, 0.3) is 0 Å². The Morgan fingerprint density at radius 2 is 1.74 bits per heavy atom. The van der Waals surface area contributed by atoms with Crippen molar-refractivity contribution in [3.8, 4) is 17.2 Å². The molecule has 146 valence electrons. The van der Waals surface area contributed by atoms with E-state index in [1.54, 1.807) is 13.8 Å². The molecule has 0 aliphatic carbocycles. The van der Waals surface area contributed by atoms with Crippen molar-refractivity contribution < 1.29 is 28.2 Å². The Balaban J connectivity index is 2.36. The van der Waals surface area contributed by atoms with Gasteiger partial charge in [-0.15, -0.1) is 0 Å². The molecule has 2 aromatic rings. The monoisotopic (exact) mass is 394 g/mol. The average molecular weight is 394 g/mol. The van der Waals surface area contributed by atoms with Crippen LogP contribution in [0.4, 0.5) is 5.69 Å². The summed E-state index contributed by atoms with van der Waals surface area (Å²) in [5.41, 5.74) is -0.129. The first-order valence-corrected chi connectivity index (χ1v) is 9.70. The molecule has 0 aliphatic heterocycles. The fourth-order valence-electron chi connectivity index (χ4n) is 2.51. The molecule has 0 saturated carbocycles. The average Bonchev–Trinajstić information content (AvgIpc) is 2.63. The second-order valence-corrected chi connectivity index (χ2v) is 7.54. The van der Waals surface area contributed by atoms with Crippen LogP contribution >= 0.6 is 0 Å². The van der Waals surface area contributed by atoms with Gasteiger partial charge in [0.25, 0.3) is 5.91 Å². The van der Waals surface area contributed by atoms with Crippen LogP contribution in [-0.4, -0.2) is 49.0 Å². The zero-order valence-corrected chi connectivity index (χ0v) is 16.1. The minimum Gasteiger partial charge on any atom is -0.507 e. The van der Waals surface area contributed by atoms with Crippen LogP contribution in [0.2, 0.25) is 0 Å². The van der Waals surface area contributed by atoms with Crippen molar-refractivity contribution in [3.63, 3.8) is 0 Å². The summed E-state index contributed by atoms with van der Waals surface area (Å²) < 4.78 is 31.5. The Bertz CT molecular complexity index is 939. The number of hydrogen-bond donors (Lipinski definition) is 3. The smallest absolute Gasteiger partial charge is 0.259 e. The first kappa shape index (κ1) is 20.5. The summed E-state index contributed by atoms with van der Waals surface area (Å²) in [5.74, 6) is -0.935. The SMILES string of the molecule is CCN(CC)S(=O)(=O)c1ccc(O)c(NC(=O)c2ccc(OC)cc2O)c1. The molecule has 0 spiro atoms.